The summed E-state index contributed by atoms with van der Waals surface area (Å²) in [6.07, 6.45) is 0.995. The summed E-state index contributed by atoms with van der Waals surface area (Å²) < 4.78 is 6.19. The van der Waals surface area contributed by atoms with Gasteiger partial charge in [-0.25, -0.2) is 0 Å². The van der Waals surface area contributed by atoms with Crippen molar-refractivity contribution in [3.05, 3.63) is 34.8 Å². The maximum Gasteiger partial charge on any atom is 0.121 e. The van der Waals surface area contributed by atoms with Crippen LogP contribution in [0.25, 0.3) is 0 Å². The zero-order valence-corrected chi connectivity index (χ0v) is 10.7. The van der Waals surface area contributed by atoms with Crippen molar-refractivity contribution in [2.24, 2.45) is 0 Å². The van der Waals surface area contributed by atoms with Gasteiger partial charge in [0.25, 0.3) is 0 Å². The number of hydrogen-bond donors (Lipinski definition) is 1. The predicted molar refractivity (Wildman–Crippen MR) is 68.6 cm³/mol. The van der Waals surface area contributed by atoms with Crippen molar-refractivity contribution in [1.29, 1.82) is 0 Å². The molecule has 1 aromatic carbocycles. The van der Waals surface area contributed by atoms with E-state index in [4.69, 9.17) is 4.74 Å². The molecule has 3 heteroatoms. The topological polar surface area (TPSA) is 21.3 Å². The lowest BCUT2D eigenvalue weighted by molar-refractivity contribution is 0.415. The highest BCUT2D eigenvalue weighted by Crippen LogP contribution is 2.27. The Labute approximate surface area is 99.5 Å². The van der Waals surface area contributed by atoms with Crippen molar-refractivity contribution in [2.75, 3.05) is 19.0 Å². The Bertz CT molecular complexity index is 349. The van der Waals surface area contributed by atoms with Crippen LogP contribution in [0.3, 0.4) is 0 Å². The number of halogens is 1. The van der Waals surface area contributed by atoms with Crippen molar-refractivity contribution in [3.8, 4) is 5.75 Å². The second-order valence-corrected chi connectivity index (χ2v) is 4.16. The molecule has 2 nitrogen and oxygen atoms in total. The molecule has 0 radical (unpaired) electrons. The molecule has 15 heavy (non-hydrogen) atoms. The van der Waals surface area contributed by atoms with Crippen LogP contribution in [0.1, 0.15) is 13.3 Å². The van der Waals surface area contributed by atoms with Gasteiger partial charge in [-0.15, -0.1) is 0 Å². The number of rotatable bonds is 5. The molecule has 0 aliphatic rings. The van der Waals surface area contributed by atoms with Crippen LogP contribution in [0, 0.1) is 0 Å². The normalized spacial score (nSPS) is 9.80. The lowest BCUT2D eigenvalue weighted by Crippen LogP contribution is -2.04. The summed E-state index contributed by atoms with van der Waals surface area (Å²) in [4.78, 5) is 0. The standard InChI is InChI=1S/C12H16BrNO/c1-4-9(2)8-14-12-7-10(15-3)5-6-11(12)13/h5-7,14H,2,4,8H2,1,3H3. The molecule has 0 unspecified atom stereocenters. The van der Waals surface area contributed by atoms with Crippen molar-refractivity contribution in [3.63, 3.8) is 0 Å². The molecular formula is C12H16BrNO. The van der Waals surface area contributed by atoms with E-state index in [1.807, 2.05) is 18.2 Å². The number of benzene rings is 1. The molecule has 0 fully saturated rings. The first kappa shape index (κ1) is 12.1. The van der Waals surface area contributed by atoms with Gasteiger partial charge in [0.15, 0.2) is 0 Å². The summed E-state index contributed by atoms with van der Waals surface area (Å²) in [5.41, 5.74) is 2.22. The SMILES string of the molecule is C=C(CC)CNc1cc(OC)ccc1Br. The molecule has 82 valence electrons. The van der Waals surface area contributed by atoms with E-state index >= 15 is 0 Å². The smallest absolute Gasteiger partial charge is 0.121 e. The van der Waals surface area contributed by atoms with Crippen LogP contribution < -0.4 is 10.1 Å². The first-order valence-corrected chi connectivity index (χ1v) is 5.70. The fourth-order valence-electron chi connectivity index (χ4n) is 1.11. The van der Waals surface area contributed by atoms with E-state index in [1.54, 1.807) is 7.11 Å². The molecule has 0 heterocycles. The van der Waals surface area contributed by atoms with Crippen LogP contribution in [-0.2, 0) is 0 Å². The third-order valence-electron chi connectivity index (χ3n) is 2.20. The van der Waals surface area contributed by atoms with Crippen LogP contribution in [0.15, 0.2) is 34.8 Å². The first-order valence-electron chi connectivity index (χ1n) is 4.91. The summed E-state index contributed by atoms with van der Waals surface area (Å²) in [5, 5.41) is 3.31. The van der Waals surface area contributed by atoms with E-state index in [0.29, 0.717) is 0 Å². The molecule has 1 N–H and O–H groups in total. The van der Waals surface area contributed by atoms with Gasteiger partial charge in [-0.05, 0) is 34.5 Å². The minimum atomic E-state index is 0.794. The lowest BCUT2D eigenvalue weighted by Gasteiger charge is -2.10. The largest absolute Gasteiger partial charge is 0.497 e. The number of ether oxygens (including phenoxy) is 1. The fourth-order valence-corrected chi connectivity index (χ4v) is 1.50. The Morgan fingerprint density at radius 2 is 2.27 bits per heavy atom. The molecule has 0 aromatic heterocycles. The van der Waals surface area contributed by atoms with Crippen LogP contribution >= 0.6 is 15.9 Å². The predicted octanol–water partition coefficient (Wildman–Crippen LogP) is 3.84. The Hall–Kier alpha value is -0.960. The van der Waals surface area contributed by atoms with Crippen LogP contribution in [0.2, 0.25) is 0 Å². The van der Waals surface area contributed by atoms with Gasteiger partial charge >= 0.3 is 0 Å². The van der Waals surface area contributed by atoms with Crippen LogP contribution in [0.5, 0.6) is 5.75 Å². The van der Waals surface area contributed by atoms with E-state index in [-0.39, 0.29) is 0 Å². The highest BCUT2D eigenvalue weighted by atomic mass is 79.9. The Balaban J connectivity index is 2.70. The monoisotopic (exact) mass is 269 g/mol. The van der Waals surface area contributed by atoms with Gasteiger partial charge in [0.2, 0.25) is 0 Å². The van der Waals surface area contributed by atoms with Crippen LogP contribution in [-0.4, -0.2) is 13.7 Å². The molecular weight excluding hydrogens is 254 g/mol. The Kier molecular flexibility index (Phi) is 4.69. The third kappa shape index (κ3) is 3.59. The molecule has 0 aliphatic carbocycles. The zero-order chi connectivity index (χ0) is 11.3. The highest BCUT2D eigenvalue weighted by molar-refractivity contribution is 9.10. The van der Waals surface area contributed by atoms with Gasteiger partial charge < -0.3 is 10.1 Å². The second-order valence-electron chi connectivity index (χ2n) is 3.30. The summed E-state index contributed by atoms with van der Waals surface area (Å²) in [6.45, 7) is 6.85. The molecule has 0 saturated carbocycles. The van der Waals surface area contributed by atoms with Gasteiger partial charge in [-0.1, -0.05) is 19.1 Å². The van der Waals surface area contributed by atoms with Gasteiger partial charge in [-0.3, -0.25) is 0 Å². The molecule has 1 aromatic rings. The van der Waals surface area contributed by atoms with E-state index in [9.17, 15) is 0 Å². The summed E-state index contributed by atoms with van der Waals surface area (Å²) >= 11 is 3.48. The number of methoxy groups -OCH3 is 1. The van der Waals surface area contributed by atoms with E-state index < -0.39 is 0 Å². The maximum absolute atomic E-state index is 5.16. The third-order valence-corrected chi connectivity index (χ3v) is 2.89. The van der Waals surface area contributed by atoms with Gasteiger partial charge in [0.05, 0.1) is 12.8 Å². The molecule has 0 bridgehead atoms. The van der Waals surface area contributed by atoms with Crippen molar-refractivity contribution < 1.29 is 4.74 Å². The Morgan fingerprint density at radius 1 is 1.53 bits per heavy atom. The fraction of sp³-hybridized carbons (Fsp3) is 0.333. The average molecular weight is 270 g/mol. The number of nitrogens with one attached hydrogen (secondary N) is 1. The molecule has 0 amide bonds. The quantitative estimate of drug-likeness (QED) is 0.821. The Morgan fingerprint density at radius 3 is 2.87 bits per heavy atom. The summed E-state index contributed by atoms with van der Waals surface area (Å²) in [6, 6.07) is 5.85. The molecule has 0 saturated heterocycles. The number of anilines is 1. The van der Waals surface area contributed by atoms with Crippen molar-refractivity contribution in [1.82, 2.24) is 0 Å². The molecule has 0 spiro atoms. The summed E-state index contributed by atoms with van der Waals surface area (Å²) in [7, 11) is 1.66. The van der Waals surface area contributed by atoms with E-state index in [2.05, 4.69) is 34.7 Å². The van der Waals surface area contributed by atoms with Gasteiger partial charge in [0, 0.05) is 17.1 Å². The average Bonchev–Trinajstić information content (AvgIpc) is 2.27. The van der Waals surface area contributed by atoms with Gasteiger partial charge in [-0.2, -0.15) is 0 Å². The summed E-state index contributed by atoms with van der Waals surface area (Å²) in [5.74, 6) is 0.850. The zero-order valence-electron chi connectivity index (χ0n) is 9.14. The maximum atomic E-state index is 5.16. The molecule has 0 atom stereocenters. The molecule has 1 rings (SSSR count). The van der Waals surface area contributed by atoms with E-state index in [0.717, 1.165) is 28.9 Å². The van der Waals surface area contributed by atoms with E-state index in [1.165, 1.54) is 5.57 Å². The second kappa shape index (κ2) is 5.81. The first-order chi connectivity index (χ1) is 7.17. The highest BCUT2D eigenvalue weighted by Gasteiger charge is 2.01. The minimum Gasteiger partial charge on any atom is -0.497 e. The number of hydrogen-bond acceptors (Lipinski definition) is 2. The molecule has 0 aliphatic heterocycles. The lowest BCUT2D eigenvalue weighted by atomic mass is 10.2. The van der Waals surface area contributed by atoms with Crippen molar-refractivity contribution in [2.45, 2.75) is 13.3 Å². The minimum absolute atomic E-state index is 0.794. The van der Waals surface area contributed by atoms with Crippen LogP contribution in [0.4, 0.5) is 5.69 Å². The van der Waals surface area contributed by atoms with Crippen molar-refractivity contribution >= 4 is 21.6 Å². The van der Waals surface area contributed by atoms with Gasteiger partial charge in [0.1, 0.15) is 5.75 Å².